The van der Waals surface area contributed by atoms with Gasteiger partial charge in [0.25, 0.3) is 0 Å². The standard InChI is InChI=1S/C5H8NO/c1-2-5-3-4(5)6(5)7/h4H,2-3H2,1H3/q-1. The number of hydroxylamine groups is 2. The Labute approximate surface area is 42.7 Å². The molecule has 2 aliphatic rings. The van der Waals surface area contributed by atoms with Crippen LogP contribution in [0.2, 0.25) is 0 Å². The molecule has 1 heterocycles. The second-order valence-electron chi connectivity index (χ2n) is 2.50. The maximum Gasteiger partial charge on any atom is 0.0256 e. The van der Waals surface area contributed by atoms with Gasteiger partial charge in [-0.15, -0.1) is 0 Å². The van der Waals surface area contributed by atoms with Gasteiger partial charge in [0.05, 0.1) is 0 Å². The first-order valence-corrected chi connectivity index (χ1v) is 2.78. The monoisotopic (exact) mass is 98.1 g/mol. The highest BCUT2D eigenvalue weighted by atomic mass is 16.5. The minimum absolute atomic E-state index is 0.194. The van der Waals surface area contributed by atoms with Gasteiger partial charge >= 0.3 is 0 Å². The van der Waals surface area contributed by atoms with E-state index in [2.05, 4.69) is 6.92 Å². The van der Waals surface area contributed by atoms with Gasteiger partial charge in [0.15, 0.2) is 0 Å². The van der Waals surface area contributed by atoms with Crippen molar-refractivity contribution < 1.29 is 0 Å². The largest absolute Gasteiger partial charge is 0.784 e. The van der Waals surface area contributed by atoms with Crippen molar-refractivity contribution in [3.05, 3.63) is 5.21 Å². The van der Waals surface area contributed by atoms with Gasteiger partial charge in [0.2, 0.25) is 0 Å². The molecular weight excluding hydrogens is 90.1 g/mol. The molecule has 0 radical (unpaired) electrons. The molecule has 0 N–H and O–H groups in total. The Morgan fingerprint density at radius 2 is 2.57 bits per heavy atom. The Morgan fingerprint density at radius 1 is 2.00 bits per heavy atom. The molecule has 1 aliphatic carbocycles. The third-order valence-corrected chi connectivity index (χ3v) is 2.27. The first kappa shape index (κ1) is 3.87. The fourth-order valence-electron chi connectivity index (χ4n) is 1.28. The van der Waals surface area contributed by atoms with E-state index in [0.29, 0.717) is 6.04 Å². The fraction of sp³-hybridized carbons (Fsp3) is 1.00. The first-order chi connectivity index (χ1) is 3.31. The predicted molar refractivity (Wildman–Crippen MR) is 26.6 cm³/mol. The summed E-state index contributed by atoms with van der Waals surface area (Å²) in [5.41, 5.74) is 0.194. The van der Waals surface area contributed by atoms with E-state index < -0.39 is 0 Å². The van der Waals surface area contributed by atoms with Crippen LogP contribution in [0.25, 0.3) is 0 Å². The van der Waals surface area contributed by atoms with E-state index in [1.807, 2.05) is 0 Å². The average molecular weight is 98.1 g/mol. The zero-order valence-corrected chi connectivity index (χ0v) is 4.35. The maximum atomic E-state index is 10.4. The van der Waals surface area contributed by atoms with Crippen LogP contribution in [-0.2, 0) is 0 Å². The van der Waals surface area contributed by atoms with Crippen molar-refractivity contribution in [3.8, 4) is 0 Å². The molecule has 2 heteroatoms. The van der Waals surface area contributed by atoms with Crippen molar-refractivity contribution in [1.82, 2.24) is 5.06 Å². The van der Waals surface area contributed by atoms with E-state index in [-0.39, 0.29) is 5.54 Å². The lowest BCUT2D eigenvalue weighted by atomic mass is 10.3. The highest BCUT2D eigenvalue weighted by Gasteiger charge is 2.70. The fourth-order valence-corrected chi connectivity index (χ4v) is 1.28. The van der Waals surface area contributed by atoms with Crippen molar-refractivity contribution >= 4 is 0 Å². The lowest BCUT2D eigenvalue weighted by Gasteiger charge is -2.17. The van der Waals surface area contributed by atoms with Crippen LogP contribution in [0.5, 0.6) is 0 Å². The normalized spacial score (nSPS) is 64.3. The summed E-state index contributed by atoms with van der Waals surface area (Å²) in [6.45, 7) is 2.08. The molecule has 1 saturated heterocycles. The van der Waals surface area contributed by atoms with Gasteiger partial charge in [-0.3, -0.25) is 0 Å². The molecule has 2 rings (SSSR count). The molecule has 40 valence electrons. The molecule has 0 aromatic carbocycles. The Hall–Kier alpha value is -0.0800. The van der Waals surface area contributed by atoms with Gasteiger partial charge in [0, 0.05) is 11.6 Å². The summed E-state index contributed by atoms with van der Waals surface area (Å²) in [7, 11) is 0. The van der Waals surface area contributed by atoms with Crippen LogP contribution < -0.4 is 0 Å². The maximum absolute atomic E-state index is 10.4. The SMILES string of the molecule is CCC12CC1N2[O-]. The molecule has 0 aromatic rings. The van der Waals surface area contributed by atoms with Gasteiger partial charge in [0.1, 0.15) is 0 Å². The summed E-state index contributed by atoms with van der Waals surface area (Å²) >= 11 is 0. The molecule has 1 aliphatic heterocycles. The molecule has 0 aromatic heterocycles. The zero-order chi connectivity index (χ0) is 5.07. The van der Waals surface area contributed by atoms with Gasteiger partial charge in [-0.25, -0.2) is 0 Å². The highest BCUT2D eigenvalue weighted by molar-refractivity contribution is 5.33. The van der Waals surface area contributed by atoms with Crippen LogP contribution in [0, 0.1) is 5.21 Å². The predicted octanol–water partition coefficient (Wildman–Crippen LogP) is 0.721. The first-order valence-electron chi connectivity index (χ1n) is 2.78. The second-order valence-corrected chi connectivity index (χ2v) is 2.50. The molecule has 3 atom stereocenters. The molecule has 1 saturated carbocycles. The van der Waals surface area contributed by atoms with Gasteiger partial charge in [-0.05, 0) is 12.8 Å². The Balaban J connectivity index is 2.08. The van der Waals surface area contributed by atoms with E-state index in [0.717, 1.165) is 6.42 Å². The van der Waals surface area contributed by atoms with Gasteiger partial charge in [-0.2, -0.15) is 0 Å². The summed E-state index contributed by atoms with van der Waals surface area (Å²) in [5.74, 6) is 0. The van der Waals surface area contributed by atoms with Gasteiger partial charge < -0.3 is 10.3 Å². The van der Waals surface area contributed by atoms with Crippen molar-refractivity contribution in [1.29, 1.82) is 0 Å². The van der Waals surface area contributed by atoms with E-state index >= 15 is 0 Å². The molecule has 7 heavy (non-hydrogen) atoms. The molecule has 0 amide bonds. The van der Waals surface area contributed by atoms with Crippen molar-refractivity contribution in [2.24, 2.45) is 0 Å². The van der Waals surface area contributed by atoms with Crippen LogP contribution in [0.1, 0.15) is 19.8 Å². The molecule has 2 fully saturated rings. The summed E-state index contributed by atoms with van der Waals surface area (Å²) < 4.78 is 0. The number of nitrogens with zero attached hydrogens (tertiary/aromatic N) is 1. The lowest BCUT2D eigenvalue weighted by Crippen LogP contribution is -2.08. The Bertz CT molecular complexity index is 109. The summed E-state index contributed by atoms with van der Waals surface area (Å²) in [4.78, 5) is 0. The molecular formula is C5H8NO-. The summed E-state index contributed by atoms with van der Waals surface area (Å²) in [6.07, 6.45) is 2.23. The second kappa shape index (κ2) is 0.740. The molecule has 0 bridgehead atoms. The number of fused-ring (bicyclic) bond motifs is 1. The summed E-state index contributed by atoms with van der Waals surface area (Å²) in [6, 6.07) is 0.456. The number of hydrogen-bond donors (Lipinski definition) is 0. The smallest absolute Gasteiger partial charge is 0.0256 e. The Morgan fingerprint density at radius 3 is 2.57 bits per heavy atom. The average Bonchev–Trinajstić information content (AvgIpc) is 2.49. The van der Waals surface area contributed by atoms with Crippen LogP contribution in [0.4, 0.5) is 0 Å². The third kappa shape index (κ3) is 0.229. The topological polar surface area (TPSA) is 26.1 Å². The quantitative estimate of drug-likeness (QED) is 0.452. The molecule has 0 spiro atoms. The molecule has 2 nitrogen and oxygen atoms in total. The van der Waals surface area contributed by atoms with E-state index in [1.165, 1.54) is 11.5 Å². The van der Waals surface area contributed by atoms with Gasteiger partial charge in [-0.1, -0.05) is 6.92 Å². The highest BCUT2D eigenvalue weighted by Crippen LogP contribution is 2.64. The zero-order valence-electron chi connectivity index (χ0n) is 4.35. The van der Waals surface area contributed by atoms with E-state index in [4.69, 9.17) is 0 Å². The number of rotatable bonds is 1. The minimum Gasteiger partial charge on any atom is -0.784 e. The number of hydrogen-bond acceptors (Lipinski definition) is 2. The van der Waals surface area contributed by atoms with E-state index in [1.54, 1.807) is 0 Å². The van der Waals surface area contributed by atoms with Crippen molar-refractivity contribution in [3.63, 3.8) is 0 Å². The van der Waals surface area contributed by atoms with E-state index in [9.17, 15) is 5.21 Å². The van der Waals surface area contributed by atoms with Crippen LogP contribution in [0.3, 0.4) is 0 Å². The third-order valence-electron chi connectivity index (χ3n) is 2.27. The Kier molecular flexibility index (Phi) is 0.408. The summed E-state index contributed by atoms with van der Waals surface area (Å²) in [5, 5.41) is 11.6. The minimum atomic E-state index is 0.194. The van der Waals surface area contributed by atoms with Crippen LogP contribution in [-0.4, -0.2) is 16.6 Å². The molecule has 3 unspecified atom stereocenters. The van der Waals surface area contributed by atoms with Crippen molar-refractivity contribution in [2.45, 2.75) is 31.3 Å². The van der Waals surface area contributed by atoms with Crippen LogP contribution in [0.15, 0.2) is 0 Å². The van der Waals surface area contributed by atoms with Crippen LogP contribution >= 0.6 is 0 Å². The lowest BCUT2D eigenvalue weighted by molar-refractivity contribution is 0.443. The van der Waals surface area contributed by atoms with Crippen molar-refractivity contribution in [2.75, 3.05) is 0 Å².